The van der Waals surface area contributed by atoms with Gasteiger partial charge < -0.3 is 15.2 Å². The van der Waals surface area contributed by atoms with Crippen molar-refractivity contribution in [3.63, 3.8) is 0 Å². The van der Waals surface area contributed by atoms with E-state index in [9.17, 15) is 4.39 Å². The fourth-order valence-electron chi connectivity index (χ4n) is 2.08. The minimum atomic E-state index is -0.416. The van der Waals surface area contributed by atoms with Crippen LogP contribution in [0, 0.1) is 5.82 Å². The molecule has 1 aliphatic rings. The Balaban J connectivity index is 1.94. The molecule has 5 nitrogen and oxygen atoms in total. The fourth-order valence-corrected chi connectivity index (χ4v) is 2.08. The lowest BCUT2D eigenvalue weighted by Gasteiger charge is -2.09. The van der Waals surface area contributed by atoms with Gasteiger partial charge in [-0.25, -0.2) is 4.39 Å². The molecule has 1 aromatic heterocycles. The van der Waals surface area contributed by atoms with Crippen molar-refractivity contribution in [2.75, 3.05) is 23.7 Å². The fraction of sp³-hybridized carbons (Fsp3) is 0.333. The Hall–Kier alpha value is -2.11. The molecule has 3 rings (SSSR count). The van der Waals surface area contributed by atoms with E-state index < -0.39 is 5.82 Å². The van der Waals surface area contributed by atoms with Crippen molar-refractivity contribution in [3.8, 4) is 11.5 Å². The monoisotopic (exact) mass is 248 g/mol. The molecule has 1 aliphatic heterocycles. The molecule has 0 unspecified atom stereocenters. The van der Waals surface area contributed by atoms with Gasteiger partial charge in [0.05, 0.1) is 5.56 Å². The van der Waals surface area contributed by atoms with Gasteiger partial charge >= 0.3 is 0 Å². The number of hydrogen-bond acceptors (Lipinski definition) is 5. The number of rotatable bonds is 2. The van der Waals surface area contributed by atoms with Crippen LogP contribution in [-0.4, -0.2) is 23.2 Å². The molecule has 94 valence electrons. The van der Waals surface area contributed by atoms with E-state index in [1.807, 2.05) is 4.90 Å². The van der Waals surface area contributed by atoms with Gasteiger partial charge in [-0.2, -0.15) is 4.98 Å². The van der Waals surface area contributed by atoms with Crippen LogP contribution < -0.4 is 10.6 Å². The van der Waals surface area contributed by atoms with Gasteiger partial charge in [0.1, 0.15) is 5.82 Å². The number of nitrogens with zero attached hydrogens (tertiary/aromatic N) is 3. The van der Waals surface area contributed by atoms with Gasteiger partial charge in [0.25, 0.3) is 11.8 Å². The number of nitrogens with two attached hydrogens (primary N) is 1. The van der Waals surface area contributed by atoms with Crippen LogP contribution in [0.1, 0.15) is 12.8 Å². The molecular weight excluding hydrogens is 235 g/mol. The molecule has 1 saturated heterocycles. The predicted octanol–water partition coefficient (Wildman–Crippen LogP) is 2.06. The van der Waals surface area contributed by atoms with Gasteiger partial charge in [0, 0.05) is 18.8 Å². The Labute approximate surface area is 103 Å². The molecule has 18 heavy (non-hydrogen) atoms. The first kappa shape index (κ1) is 11.0. The Morgan fingerprint density at radius 3 is 2.83 bits per heavy atom. The van der Waals surface area contributed by atoms with Crippen LogP contribution in [0.5, 0.6) is 0 Å². The Bertz CT molecular complexity index is 563. The normalized spacial score (nSPS) is 15.3. The topological polar surface area (TPSA) is 68.2 Å². The molecule has 6 heteroatoms. The highest BCUT2D eigenvalue weighted by Crippen LogP contribution is 2.26. The average Bonchev–Trinajstić information content (AvgIpc) is 3.00. The van der Waals surface area contributed by atoms with Gasteiger partial charge in [0.15, 0.2) is 0 Å². The van der Waals surface area contributed by atoms with Gasteiger partial charge in [-0.05, 0) is 36.2 Å². The molecule has 0 amide bonds. The summed E-state index contributed by atoms with van der Waals surface area (Å²) in [5, 5.41) is 3.88. The van der Waals surface area contributed by atoms with Crippen LogP contribution in [-0.2, 0) is 0 Å². The summed E-state index contributed by atoms with van der Waals surface area (Å²) in [6.07, 6.45) is 2.24. The summed E-state index contributed by atoms with van der Waals surface area (Å²) >= 11 is 0. The summed E-state index contributed by atoms with van der Waals surface area (Å²) in [4.78, 5) is 6.24. The maximum atomic E-state index is 13.6. The minimum absolute atomic E-state index is 0.168. The standard InChI is InChI=1S/C12H13FN4O/c13-10-4-3-8(14)7-9(10)11-15-12(16-18-11)17-5-1-2-6-17/h3-4,7H,1-2,5-6,14H2. The summed E-state index contributed by atoms with van der Waals surface area (Å²) in [6, 6.07) is 4.29. The molecule has 0 aliphatic carbocycles. The number of anilines is 2. The van der Waals surface area contributed by atoms with Crippen molar-refractivity contribution >= 4 is 11.6 Å². The Morgan fingerprint density at radius 2 is 2.06 bits per heavy atom. The molecule has 2 heterocycles. The van der Waals surface area contributed by atoms with Crippen LogP contribution in [0.15, 0.2) is 22.7 Å². The highest BCUT2D eigenvalue weighted by molar-refractivity contribution is 5.61. The van der Waals surface area contributed by atoms with Crippen LogP contribution >= 0.6 is 0 Å². The molecule has 2 aromatic rings. The maximum Gasteiger partial charge on any atom is 0.266 e. The SMILES string of the molecule is Nc1ccc(F)c(-c2nc(N3CCCC3)no2)c1. The molecule has 0 radical (unpaired) electrons. The van der Waals surface area contributed by atoms with Crippen molar-refractivity contribution < 1.29 is 8.91 Å². The highest BCUT2D eigenvalue weighted by atomic mass is 19.1. The smallest absolute Gasteiger partial charge is 0.266 e. The second kappa shape index (κ2) is 4.29. The number of aromatic nitrogens is 2. The van der Waals surface area contributed by atoms with Gasteiger partial charge in [-0.3, -0.25) is 0 Å². The van der Waals surface area contributed by atoms with Crippen LogP contribution in [0.25, 0.3) is 11.5 Å². The van der Waals surface area contributed by atoms with Crippen molar-refractivity contribution in [2.45, 2.75) is 12.8 Å². The number of halogens is 1. The zero-order valence-electron chi connectivity index (χ0n) is 9.77. The zero-order chi connectivity index (χ0) is 12.5. The van der Waals surface area contributed by atoms with E-state index in [4.69, 9.17) is 10.3 Å². The largest absolute Gasteiger partial charge is 0.399 e. The van der Waals surface area contributed by atoms with E-state index in [2.05, 4.69) is 10.1 Å². The molecule has 0 spiro atoms. The first-order valence-corrected chi connectivity index (χ1v) is 5.88. The zero-order valence-corrected chi connectivity index (χ0v) is 9.77. The molecule has 0 atom stereocenters. The van der Waals surface area contributed by atoms with E-state index in [0.29, 0.717) is 11.6 Å². The molecule has 0 saturated carbocycles. The molecule has 0 bridgehead atoms. The van der Waals surface area contributed by atoms with Crippen molar-refractivity contribution in [3.05, 3.63) is 24.0 Å². The average molecular weight is 248 g/mol. The third kappa shape index (κ3) is 1.90. The Morgan fingerprint density at radius 1 is 1.28 bits per heavy atom. The van der Waals surface area contributed by atoms with Crippen molar-refractivity contribution in [1.82, 2.24) is 10.1 Å². The molecule has 2 N–H and O–H groups in total. The van der Waals surface area contributed by atoms with Crippen molar-refractivity contribution in [1.29, 1.82) is 0 Å². The molecular formula is C12H13FN4O. The summed E-state index contributed by atoms with van der Waals surface area (Å²) in [5.74, 6) is 0.270. The third-order valence-corrected chi connectivity index (χ3v) is 3.03. The minimum Gasteiger partial charge on any atom is -0.399 e. The highest BCUT2D eigenvalue weighted by Gasteiger charge is 2.20. The molecule has 1 aromatic carbocycles. The number of nitrogen functional groups attached to an aromatic ring is 1. The lowest BCUT2D eigenvalue weighted by Crippen LogP contribution is -2.18. The van der Waals surface area contributed by atoms with E-state index in [1.54, 1.807) is 0 Å². The summed E-state index contributed by atoms with van der Waals surface area (Å²) in [7, 11) is 0. The summed E-state index contributed by atoms with van der Waals surface area (Å²) < 4.78 is 18.7. The Kier molecular flexibility index (Phi) is 2.62. The van der Waals surface area contributed by atoms with Gasteiger partial charge in [-0.1, -0.05) is 0 Å². The third-order valence-electron chi connectivity index (χ3n) is 3.03. The second-order valence-electron chi connectivity index (χ2n) is 4.33. The molecule has 1 fully saturated rings. The van der Waals surface area contributed by atoms with Crippen molar-refractivity contribution in [2.24, 2.45) is 0 Å². The first-order valence-electron chi connectivity index (χ1n) is 5.88. The summed E-state index contributed by atoms with van der Waals surface area (Å²) in [5.41, 5.74) is 6.34. The van der Waals surface area contributed by atoms with Gasteiger partial charge in [-0.15, -0.1) is 0 Å². The van der Waals surface area contributed by atoms with Crippen LogP contribution in [0.4, 0.5) is 16.0 Å². The first-order chi connectivity index (χ1) is 8.74. The van der Waals surface area contributed by atoms with E-state index >= 15 is 0 Å². The number of benzene rings is 1. The van der Waals surface area contributed by atoms with E-state index in [-0.39, 0.29) is 11.5 Å². The second-order valence-corrected chi connectivity index (χ2v) is 4.33. The van der Waals surface area contributed by atoms with E-state index in [0.717, 1.165) is 25.9 Å². The maximum absolute atomic E-state index is 13.6. The lowest BCUT2D eigenvalue weighted by molar-refractivity contribution is 0.427. The van der Waals surface area contributed by atoms with Crippen LogP contribution in [0.2, 0.25) is 0 Å². The summed E-state index contributed by atoms with van der Waals surface area (Å²) in [6.45, 7) is 1.83. The quantitative estimate of drug-likeness (QED) is 0.824. The van der Waals surface area contributed by atoms with E-state index in [1.165, 1.54) is 18.2 Å². The van der Waals surface area contributed by atoms with Gasteiger partial charge in [0.2, 0.25) is 0 Å². The predicted molar refractivity (Wildman–Crippen MR) is 65.6 cm³/mol. The van der Waals surface area contributed by atoms with Crippen LogP contribution in [0.3, 0.4) is 0 Å². The number of hydrogen-bond donors (Lipinski definition) is 1. The lowest BCUT2D eigenvalue weighted by atomic mass is 10.2.